The van der Waals surface area contributed by atoms with Crippen molar-refractivity contribution in [2.75, 3.05) is 0 Å². The first-order valence-corrected chi connectivity index (χ1v) is 10.3. The summed E-state index contributed by atoms with van der Waals surface area (Å²) >= 11 is 6.45. The number of alkyl halides is 3. The SMILES string of the molecule is Cc1cc(-c2cccc(OC(F)(F)F)c2)c(Cl)cc1C1=C(O)C2(CCCCC2)OC1=O. The number of hydrogen-bond donors (Lipinski definition) is 1. The lowest BCUT2D eigenvalue weighted by Crippen LogP contribution is -2.34. The Labute approximate surface area is 182 Å². The average Bonchev–Trinajstić information content (AvgIpc) is 2.92. The predicted octanol–water partition coefficient (Wildman–Crippen LogP) is 6.74. The van der Waals surface area contributed by atoms with Gasteiger partial charge < -0.3 is 14.6 Å². The molecule has 2 aromatic rings. The highest BCUT2D eigenvalue weighted by Crippen LogP contribution is 2.46. The number of halogens is 4. The van der Waals surface area contributed by atoms with Gasteiger partial charge in [0.05, 0.1) is 0 Å². The van der Waals surface area contributed by atoms with Gasteiger partial charge in [-0.05, 0) is 73.6 Å². The zero-order valence-corrected chi connectivity index (χ0v) is 17.4. The van der Waals surface area contributed by atoms with Crippen LogP contribution in [0.25, 0.3) is 16.7 Å². The highest BCUT2D eigenvalue weighted by Gasteiger charge is 2.49. The largest absolute Gasteiger partial charge is 0.573 e. The molecule has 0 unspecified atom stereocenters. The third kappa shape index (κ3) is 4.11. The Balaban J connectivity index is 1.74. The summed E-state index contributed by atoms with van der Waals surface area (Å²) in [5.41, 5.74) is 1.12. The van der Waals surface area contributed by atoms with Crippen LogP contribution in [0, 0.1) is 6.92 Å². The van der Waals surface area contributed by atoms with Gasteiger partial charge in [-0.2, -0.15) is 0 Å². The Morgan fingerprint density at radius 1 is 1.10 bits per heavy atom. The van der Waals surface area contributed by atoms with E-state index in [-0.39, 0.29) is 22.1 Å². The number of aliphatic hydroxyl groups excluding tert-OH is 1. The molecule has 0 amide bonds. The monoisotopic (exact) mass is 452 g/mol. The van der Waals surface area contributed by atoms with Gasteiger partial charge in [0.1, 0.15) is 11.3 Å². The van der Waals surface area contributed by atoms with Crippen molar-refractivity contribution in [3.63, 3.8) is 0 Å². The second-order valence-electron chi connectivity index (χ2n) is 7.89. The number of benzene rings is 2. The number of rotatable bonds is 3. The Morgan fingerprint density at radius 3 is 2.48 bits per heavy atom. The fourth-order valence-electron chi connectivity index (χ4n) is 4.33. The first-order valence-electron chi connectivity index (χ1n) is 9.93. The molecule has 0 radical (unpaired) electrons. The number of carbonyl (C=O) groups excluding carboxylic acids is 1. The summed E-state index contributed by atoms with van der Waals surface area (Å²) in [5, 5.41) is 11.1. The summed E-state index contributed by atoms with van der Waals surface area (Å²) in [6.45, 7) is 1.74. The molecule has 0 saturated heterocycles. The fourth-order valence-corrected chi connectivity index (χ4v) is 4.61. The molecular formula is C23H20ClF3O4. The summed E-state index contributed by atoms with van der Waals surface area (Å²) in [6.07, 6.45) is -0.905. The van der Waals surface area contributed by atoms with E-state index < -0.39 is 17.9 Å². The number of ether oxygens (including phenoxy) is 2. The lowest BCUT2D eigenvalue weighted by molar-refractivity contribution is -0.274. The minimum Gasteiger partial charge on any atom is -0.507 e. The number of esters is 1. The van der Waals surface area contributed by atoms with E-state index in [4.69, 9.17) is 16.3 Å². The smallest absolute Gasteiger partial charge is 0.507 e. The summed E-state index contributed by atoms with van der Waals surface area (Å²) in [7, 11) is 0. The van der Waals surface area contributed by atoms with Crippen molar-refractivity contribution < 1.29 is 32.5 Å². The molecule has 31 heavy (non-hydrogen) atoms. The first-order chi connectivity index (χ1) is 14.6. The molecule has 1 heterocycles. The van der Waals surface area contributed by atoms with Gasteiger partial charge in [0, 0.05) is 10.6 Å². The van der Waals surface area contributed by atoms with Crippen molar-refractivity contribution in [1.29, 1.82) is 0 Å². The fraction of sp³-hybridized carbons (Fsp3) is 0.348. The summed E-state index contributed by atoms with van der Waals surface area (Å²) in [4.78, 5) is 12.6. The van der Waals surface area contributed by atoms with E-state index in [2.05, 4.69) is 4.74 Å². The van der Waals surface area contributed by atoms with Crippen LogP contribution in [0.1, 0.15) is 43.2 Å². The molecule has 2 aromatic carbocycles. The lowest BCUT2D eigenvalue weighted by Gasteiger charge is -2.31. The summed E-state index contributed by atoms with van der Waals surface area (Å²) in [6, 6.07) is 8.70. The highest BCUT2D eigenvalue weighted by molar-refractivity contribution is 6.34. The second-order valence-corrected chi connectivity index (χ2v) is 8.30. The van der Waals surface area contributed by atoms with Crippen LogP contribution >= 0.6 is 11.6 Å². The van der Waals surface area contributed by atoms with E-state index in [0.717, 1.165) is 19.3 Å². The molecule has 8 heteroatoms. The molecule has 1 aliphatic carbocycles. The van der Waals surface area contributed by atoms with Crippen LogP contribution in [-0.2, 0) is 9.53 Å². The van der Waals surface area contributed by atoms with Crippen molar-refractivity contribution in [1.82, 2.24) is 0 Å². The van der Waals surface area contributed by atoms with Gasteiger partial charge >= 0.3 is 12.3 Å². The molecule has 164 valence electrons. The molecule has 2 aliphatic rings. The maximum absolute atomic E-state index is 12.6. The maximum atomic E-state index is 12.6. The Bertz CT molecular complexity index is 1070. The van der Waals surface area contributed by atoms with Gasteiger partial charge in [0.15, 0.2) is 11.4 Å². The van der Waals surface area contributed by atoms with E-state index in [9.17, 15) is 23.1 Å². The van der Waals surface area contributed by atoms with Crippen LogP contribution in [0.4, 0.5) is 13.2 Å². The van der Waals surface area contributed by atoms with Crippen molar-refractivity contribution in [2.24, 2.45) is 0 Å². The van der Waals surface area contributed by atoms with E-state index in [0.29, 0.717) is 35.1 Å². The van der Waals surface area contributed by atoms with Crippen LogP contribution in [0.2, 0.25) is 5.02 Å². The zero-order chi connectivity index (χ0) is 22.4. The van der Waals surface area contributed by atoms with Crippen molar-refractivity contribution >= 4 is 23.1 Å². The molecular weight excluding hydrogens is 433 g/mol. The molecule has 0 bridgehead atoms. The van der Waals surface area contributed by atoms with Gasteiger partial charge in [0.25, 0.3) is 0 Å². The van der Waals surface area contributed by atoms with Gasteiger partial charge in [-0.3, -0.25) is 0 Å². The standard InChI is InChI=1S/C23H20ClF3O4/c1-13-10-17(14-6-5-7-15(11-14)30-23(25,26)27)18(24)12-16(13)19-20(28)22(31-21(19)29)8-3-2-4-9-22/h5-7,10-12,28H,2-4,8-9H2,1H3. The molecule has 0 atom stereocenters. The lowest BCUT2D eigenvalue weighted by atomic mass is 9.82. The maximum Gasteiger partial charge on any atom is 0.573 e. The molecule has 4 rings (SSSR count). The third-order valence-corrected chi connectivity index (χ3v) is 6.10. The van der Waals surface area contributed by atoms with Gasteiger partial charge in [0.2, 0.25) is 0 Å². The van der Waals surface area contributed by atoms with Gasteiger partial charge in [-0.25, -0.2) is 4.79 Å². The molecule has 1 N–H and O–H groups in total. The Kier molecular flexibility index (Phi) is 5.41. The van der Waals surface area contributed by atoms with Crippen LogP contribution in [0.15, 0.2) is 42.2 Å². The third-order valence-electron chi connectivity index (χ3n) is 5.78. The van der Waals surface area contributed by atoms with Crippen LogP contribution in [0.5, 0.6) is 5.75 Å². The number of carbonyl (C=O) groups is 1. The van der Waals surface area contributed by atoms with Crippen LogP contribution in [-0.4, -0.2) is 23.0 Å². The quantitative estimate of drug-likeness (QED) is 0.524. The van der Waals surface area contributed by atoms with E-state index in [1.807, 2.05) is 0 Å². The van der Waals surface area contributed by atoms with Crippen molar-refractivity contribution in [3.05, 3.63) is 58.3 Å². The predicted molar refractivity (Wildman–Crippen MR) is 110 cm³/mol. The van der Waals surface area contributed by atoms with Crippen LogP contribution < -0.4 is 4.74 Å². The topological polar surface area (TPSA) is 55.8 Å². The van der Waals surface area contributed by atoms with Crippen molar-refractivity contribution in [3.8, 4) is 16.9 Å². The number of aliphatic hydroxyl groups is 1. The molecule has 1 spiro atoms. The molecule has 4 nitrogen and oxygen atoms in total. The average molecular weight is 453 g/mol. The number of hydrogen-bond acceptors (Lipinski definition) is 4. The summed E-state index contributed by atoms with van der Waals surface area (Å²) < 4.78 is 47.2. The van der Waals surface area contributed by atoms with E-state index >= 15 is 0 Å². The first kappa shape index (κ1) is 21.6. The zero-order valence-electron chi connectivity index (χ0n) is 16.7. The van der Waals surface area contributed by atoms with Crippen molar-refractivity contribution in [2.45, 2.75) is 51.0 Å². The van der Waals surface area contributed by atoms with Gasteiger partial charge in [-0.15, -0.1) is 13.2 Å². The van der Waals surface area contributed by atoms with E-state index in [1.54, 1.807) is 19.1 Å². The minimum absolute atomic E-state index is 0.0651. The Hall–Kier alpha value is -2.67. The summed E-state index contributed by atoms with van der Waals surface area (Å²) in [5.74, 6) is -1.02. The molecule has 1 saturated carbocycles. The Morgan fingerprint density at radius 2 is 1.81 bits per heavy atom. The van der Waals surface area contributed by atoms with Crippen LogP contribution in [0.3, 0.4) is 0 Å². The normalized spacial score (nSPS) is 18.4. The molecule has 1 fully saturated rings. The highest BCUT2D eigenvalue weighted by atomic mass is 35.5. The molecule has 1 aliphatic heterocycles. The molecule has 0 aromatic heterocycles. The number of aryl methyl sites for hydroxylation is 1. The minimum atomic E-state index is -4.80. The van der Waals surface area contributed by atoms with Gasteiger partial charge in [-0.1, -0.05) is 30.2 Å². The van der Waals surface area contributed by atoms with E-state index in [1.165, 1.54) is 24.3 Å². The second kappa shape index (κ2) is 7.79.